The van der Waals surface area contributed by atoms with Crippen molar-refractivity contribution in [2.45, 2.75) is 0 Å². The zero-order chi connectivity index (χ0) is 13.1. The molecule has 0 aliphatic rings. The van der Waals surface area contributed by atoms with Gasteiger partial charge in [-0.15, -0.1) is 0 Å². The van der Waals surface area contributed by atoms with Crippen molar-refractivity contribution in [3.05, 3.63) is 58.9 Å². The van der Waals surface area contributed by atoms with E-state index in [1.807, 2.05) is 0 Å². The highest BCUT2D eigenvalue weighted by Gasteiger charge is 2.09. The number of amides is 1. The van der Waals surface area contributed by atoms with Gasteiger partial charge in [-0.05, 0) is 36.4 Å². The standard InChI is InChI=1S/C13H9ClFNO2/c14-11-5-4-9(15)7-12(11)16-13(18)8-2-1-3-10(17)6-8/h1-7,17H,(H,16,18). The second-order valence-electron chi connectivity index (χ2n) is 3.63. The Balaban J connectivity index is 2.24. The Labute approximate surface area is 108 Å². The van der Waals surface area contributed by atoms with Crippen LogP contribution in [-0.4, -0.2) is 11.0 Å². The first-order valence-electron chi connectivity index (χ1n) is 5.12. The van der Waals surface area contributed by atoms with E-state index in [4.69, 9.17) is 11.6 Å². The van der Waals surface area contributed by atoms with Crippen LogP contribution in [0.4, 0.5) is 10.1 Å². The SMILES string of the molecule is O=C(Nc1cc(F)ccc1Cl)c1cccc(O)c1. The van der Waals surface area contributed by atoms with E-state index in [9.17, 15) is 14.3 Å². The smallest absolute Gasteiger partial charge is 0.255 e. The van der Waals surface area contributed by atoms with Crippen LogP contribution in [0.15, 0.2) is 42.5 Å². The van der Waals surface area contributed by atoms with E-state index in [0.29, 0.717) is 0 Å². The first-order valence-corrected chi connectivity index (χ1v) is 5.49. The maximum absolute atomic E-state index is 13.0. The van der Waals surface area contributed by atoms with Crippen LogP contribution in [0.3, 0.4) is 0 Å². The molecule has 2 N–H and O–H groups in total. The zero-order valence-electron chi connectivity index (χ0n) is 9.15. The number of hydrogen-bond acceptors (Lipinski definition) is 2. The second-order valence-corrected chi connectivity index (χ2v) is 4.04. The monoisotopic (exact) mass is 265 g/mol. The van der Waals surface area contributed by atoms with Crippen LogP contribution in [0.5, 0.6) is 5.75 Å². The van der Waals surface area contributed by atoms with Crippen LogP contribution in [0, 0.1) is 5.82 Å². The van der Waals surface area contributed by atoms with E-state index in [0.717, 1.165) is 6.07 Å². The Hall–Kier alpha value is -2.07. The number of rotatable bonds is 2. The van der Waals surface area contributed by atoms with Gasteiger partial charge in [-0.3, -0.25) is 4.79 Å². The molecular weight excluding hydrogens is 257 g/mol. The van der Waals surface area contributed by atoms with Gasteiger partial charge >= 0.3 is 0 Å². The van der Waals surface area contributed by atoms with E-state index in [2.05, 4.69) is 5.32 Å². The minimum Gasteiger partial charge on any atom is -0.508 e. The number of aromatic hydroxyl groups is 1. The lowest BCUT2D eigenvalue weighted by Gasteiger charge is -2.07. The van der Waals surface area contributed by atoms with Crippen LogP contribution in [0.25, 0.3) is 0 Å². The van der Waals surface area contributed by atoms with Crippen molar-refractivity contribution in [2.24, 2.45) is 0 Å². The summed E-state index contributed by atoms with van der Waals surface area (Å²) in [4.78, 5) is 11.8. The lowest BCUT2D eigenvalue weighted by Crippen LogP contribution is -2.12. The third kappa shape index (κ3) is 2.78. The number of benzene rings is 2. The van der Waals surface area contributed by atoms with Crippen molar-refractivity contribution >= 4 is 23.2 Å². The van der Waals surface area contributed by atoms with Crippen molar-refractivity contribution in [1.29, 1.82) is 0 Å². The molecule has 0 aliphatic carbocycles. The first-order chi connectivity index (χ1) is 8.56. The molecule has 0 bridgehead atoms. The average molecular weight is 266 g/mol. The van der Waals surface area contributed by atoms with Crippen molar-refractivity contribution in [3.63, 3.8) is 0 Å². The number of hydrogen-bond donors (Lipinski definition) is 2. The average Bonchev–Trinajstić information content (AvgIpc) is 2.34. The Morgan fingerprint density at radius 2 is 2.00 bits per heavy atom. The summed E-state index contributed by atoms with van der Waals surface area (Å²) in [5, 5.41) is 12.0. The number of halogens is 2. The largest absolute Gasteiger partial charge is 0.508 e. The fraction of sp³-hybridized carbons (Fsp3) is 0. The van der Waals surface area contributed by atoms with E-state index in [1.165, 1.54) is 36.4 Å². The molecule has 0 saturated carbocycles. The van der Waals surface area contributed by atoms with Crippen LogP contribution >= 0.6 is 11.6 Å². The highest BCUT2D eigenvalue weighted by atomic mass is 35.5. The van der Waals surface area contributed by atoms with Crippen LogP contribution in [-0.2, 0) is 0 Å². The highest BCUT2D eigenvalue weighted by Crippen LogP contribution is 2.23. The van der Waals surface area contributed by atoms with Gasteiger partial charge in [0.1, 0.15) is 11.6 Å². The van der Waals surface area contributed by atoms with Crippen LogP contribution in [0.1, 0.15) is 10.4 Å². The van der Waals surface area contributed by atoms with Gasteiger partial charge in [0.25, 0.3) is 5.91 Å². The number of phenols is 1. The molecule has 0 unspecified atom stereocenters. The molecule has 2 aromatic rings. The highest BCUT2D eigenvalue weighted by molar-refractivity contribution is 6.33. The Morgan fingerprint density at radius 1 is 1.22 bits per heavy atom. The summed E-state index contributed by atoms with van der Waals surface area (Å²) in [6, 6.07) is 9.51. The molecule has 0 aliphatic heterocycles. The van der Waals surface area contributed by atoms with E-state index >= 15 is 0 Å². The second kappa shape index (κ2) is 5.06. The molecule has 2 aromatic carbocycles. The summed E-state index contributed by atoms with van der Waals surface area (Å²) < 4.78 is 13.0. The van der Waals surface area contributed by atoms with Crippen molar-refractivity contribution in [2.75, 3.05) is 5.32 Å². The van der Waals surface area contributed by atoms with E-state index in [1.54, 1.807) is 0 Å². The topological polar surface area (TPSA) is 49.3 Å². The van der Waals surface area contributed by atoms with E-state index < -0.39 is 11.7 Å². The molecule has 0 atom stereocenters. The van der Waals surface area contributed by atoms with Gasteiger partial charge in [-0.1, -0.05) is 17.7 Å². The molecule has 0 heterocycles. The summed E-state index contributed by atoms with van der Waals surface area (Å²) in [5.41, 5.74) is 0.445. The molecule has 0 aromatic heterocycles. The number of nitrogens with one attached hydrogen (secondary N) is 1. The lowest BCUT2D eigenvalue weighted by atomic mass is 10.2. The molecule has 18 heavy (non-hydrogen) atoms. The maximum Gasteiger partial charge on any atom is 0.255 e. The molecule has 0 saturated heterocycles. The third-order valence-corrected chi connectivity index (χ3v) is 2.61. The summed E-state index contributed by atoms with van der Waals surface area (Å²) in [5.74, 6) is -0.989. The summed E-state index contributed by atoms with van der Waals surface area (Å²) >= 11 is 5.83. The fourth-order valence-electron chi connectivity index (χ4n) is 1.43. The molecule has 2 rings (SSSR count). The van der Waals surface area contributed by atoms with Crippen molar-refractivity contribution < 1.29 is 14.3 Å². The van der Waals surface area contributed by atoms with Gasteiger partial charge in [0, 0.05) is 5.56 Å². The molecule has 0 fully saturated rings. The number of carbonyl (C=O) groups excluding carboxylic acids is 1. The summed E-state index contributed by atoms with van der Waals surface area (Å²) in [7, 11) is 0. The first kappa shape index (κ1) is 12.4. The van der Waals surface area contributed by atoms with Gasteiger partial charge in [0.15, 0.2) is 0 Å². The fourth-order valence-corrected chi connectivity index (χ4v) is 1.60. The molecular formula is C13H9ClFNO2. The minimum absolute atomic E-state index is 0.0204. The quantitative estimate of drug-likeness (QED) is 0.874. The Morgan fingerprint density at radius 3 is 2.72 bits per heavy atom. The maximum atomic E-state index is 13.0. The Bertz CT molecular complexity index is 601. The molecule has 0 radical (unpaired) electrons. The normalized spacial score (nSPS) is 10.1. The summed E-state index contributed by atoms with van der Waals surface area (Å²) in [6.07, 6.45) is 0. The lowest BCUT2D eigenvalue weighted by molar-refractivity contribution is 0.102. The molecule has 5 heteroatoms. The summed E-state index contributed by atoms with van der Waals surface area (Å²) in [6.45, 7) is 0. The van der Waals surface area contributed by atoms with Gasteiger partial charge < -0.3 is 10.4 Å². The number of phenolic OH excluding ortho intramolecular Hbond substituents is 1. The Kier molecular flexibility index (Phi) is 3.48. The molecule has 92 valence electrons. The van der Waals surface area contributed by atoms with Gasteiger partial charge in [0.05, 0.1) is 10.7 Å². The van der Waals surface area contributed by atoms with Crippen LogP contribution in [0.2, 0.25) is 5.02 Å². The molecule has 1 amide bonds. The van der Waals surface area contributed by atoms with E-state index in [-0.39, 0.29) is 22.0 Å². The van der Waals surface area contributed by atoms with Gasteiger partial charge in [0.2, 0.25) is 0 Å². The third-order valence-electron chi connectivity index (χ3n) is 2.28. The van der Waals surface area contributed by atoms with Crippen molar-refractivity contribution in [3.8, 4) is 5.75 Å². The zero-order valence-corrected chi connectivity index (χ0v) is 9.91. The predicted molar refractivity (Wildman–Crippen MR) is 67.5 cm³/mol. The van der Waals surface area contributed by atoms with Crippen molar-refractivity contribution in [1.82, 2.24) is 0 Å². The van der Waals surface area contributed by atoms with Gasteiger partial charge in [-0.25, -0.2) is 4.39 Å². The van der Waals surface area contributed by atoms with Crippen LogP contribution < -0.4 is 5.32 Å². The molecule has 0 spiro atoms. The van der Waals surface area contributed by atoms with Gasteiger partial charge in [-0.2, -0.15) is 0 Å². The molecule has 3 nitrogen and oxygen atoms in total. The number of carbonyl (C=O) groups is 1. The number of anilines is 1. The predicted octanol–water partition coefficient (Wildman–Crippen LogP) is 3.44. The minimum atomic E-state index is -0.495.